The van der Waals surface area contributed by atoms with E-state index < -0.39 is 0 Å². The lowest BCUT2D eigenvalue weighted by Crippen LogP contribution is -2.38. The first-order valence-corrected chi connectivity index (χ1v) is 8.03. The second-order valence-electron chi connectivity index (χ2n) is 5.30. The maximum Gasteiger partial charge on any atom is 0.223 e. The van der Waals surface area contributed by atoms with E-state index in [1.807, 2.05) is 34.4 Å². The number of aryl methyl sites for hydroxylation is 1. The summed E-state index contributed by atoms with van der Waals surface area (Å²) < 4.78 is 0. The molecule has 0 fully saturated rings. The second-order valence-corrected chi connectivity index (χ2v) is 6.30. The third-order valence-corrected chi connectivity index (χ3v) is 5.06. The van der Waals surface area contributed by atoms with Gasteiger partial charge in [-0.15, -0.1) is 11.3 Å². The summed E-state index contributed by atoms with van der Waals surface area (Å²) in [4.78, 5) is 15.9. The first-order chi connectivity index (χ1) is 9.75. The predicted octanol–water partition coefficient (Wildman–Crippen LogP) is 3.83. The van der Waals surface area contributed by atoms with Crippen LogP contribution in [0.25, 0.3) is 0 Å². The largest absolute Gasteiger partial charge is 0.336 e. The highest BCUT2D eigenvalue weighted by Crippen LogP contribution is 2.33. The average molecular weight is 285 g/mol. The quantitative estimate of drug-likeness (QED) is 0.839. The molecule has 0 saturated heterocycles. The van der Waals surface area contributed by atoms with Crippen LogP contribution in [0.5, 0.6) is 0 Å². The number of hydrogen-bond acceptors (Lipinski definition) is 2. The van der Waals surface area contributed by atoms with Crippen molar-refractivity contribution in [3.8, 4) is 0 Å². The third-order valence-electron chi connectivity index (χ3n) is 4.07. The van der Waals surface area contributed by atoms with Crippen molar-refractivity contribution in [2.75, 3.05) is 6.54 Å². The molecule has 1 atom stereocenters. The van der Waals surface area contributed by atoms with Crippen LogP contribution in [0.2, 0.25) is 0 Å². The van der Waals surface area contributed by atoms with Gasteiger partial charge in [0.2, 0.25) is 5.91 Å². The van der Waals surface area contributed by atoms with Crippen LogP contribution in [0.15, 0.2) is 41.8 Å². The van der Waals surface area contributed by atoms with Gasteiger partial charge in [0.05, 0.1) is 6.04 Å². The van der Waals surface area contributed by atoms with Gasteiger partial charge in [-0.3, -0.25) is 4.79 Å². The lowest BCUT2D eigenvalue weighted by atomic mass is 10.0. The number of carbonyl (C=O) groups is 1. The predicted molar refractivity (Wildman–Crippen MR) is 82.9 cm³/mol. The third kappa shape index (κ3) is 2.63. The highest BCUT2D eigenvalue weighted by Gasteiger charge is 2.27. The summed E-state index contributed by atoms with van der Waals surface area (Å²) in [7, 11) is 0. The maximum absolute atomic E-state index is 12.4. The molecule has 0 spiro atoms. The minimum absolute atomic E-state index is 0.230. The van der Waals surface area contributed by atoms with Crippen LogP contribution in [0, 0.1) is 0 Å². The molecule has 2 aromatic rings. The number of nitrogens with zero attached hydrogens (tertiary/aromatic N) is 1. The van der Waals surface area contributed by atoms with Crippen molar-refractivity contribution < 1.29 is 4.79 Å². The number of thiophene rings is 1. The molecule has 1 unspecified atom stereocenters. The van der Waals surface area contributed by atoms with Crippen LogP contribution in [0.4, 0.5) is 0 Å². The van der Waals surface area contributed by atoms with Crippen molar-refractivity contribution in [2.24, 2.45) is 0 Å². The summed E-state index contributed by atoms with van der Waals surface area (Å²) in [6.07, 6.45) is 2.45. The molecule has 20 heavy (non-hydrogen) atoms. The van der Waals surface area contributed by atoms with E-state index in [0.717, 1.165) is 19.4 Å². The highest BCUT2D eigenvalue weighted by atomic mass is 32.1. The molecule has 0 bridgehead atoms. The van der Waals surface area contributed by atoms with Crippen molar-refractivity contribution in [3.63, 3.8) is 0 Å². The molecule has 2 nitrogen and oxygen atoms in total. The zero-order valence-electron chi connectivity index (χ0n) is 11.7. The maximum atomic E-state index is 12.4. The molecule has 3 rings (SSSR count). The fraction of sp³-hybridized carbons (Fsp3) is 0.353. The van der Waals surface area contributed by atoms with Crippen LogP contribution < -0.4 is 0 Å². The summed E-state index contributed by atoms with van der Waals surface area (Å²) in [5.74, 6) is 0.276. The molecule has 0 aliphatic carbocycles. The SMILES string of the molecule is CC1c2ccsc2CCN1C(=O)CCc1ccccc1. The van der Waals surface area contributed by atoms with Crippen molar-refractivity contribution >= 4 is 17.2 Å². The fourth-order valence-electron chi connectivity index (χ4n) is 2.89. The van der Waals surface area contributed by atoms with Gasteiger partial charge in [-0.25, -0.2) is 0 Å². The highest BCUT2D eigenvalue weighted by molar-refractivity contribution is 7.10. The molecule has 0 N–H and O–H groups in total. The second kappa shape index (κ2) is 5.80. The van der Waals surface area contributed by atoms with Gasteiger partial charge < -0.3 is 4.90 Å². The van der Waals surface area contributed by atoms with Crippen LogP contribution in [0.3, 0.4) is 0 Å². The molecular formula is C17H19NOS. The Morgan fingerprint density at radius 3 is 2.90 bits per heavy atom. The van der Waals surface area contributed by atoms with Gasteiger partial charge in [-0.05, 0) is 42.3 Å². The van der Waals surface area contributed by atoms with Crippen molar-refractivity contribution in [1.82, 2.24) is 4.90 Å². The number of fused-ring (bicyclic) bond motifs is 1. The van der Waals surface area contributed by atoms with Crippen LogP contribution in [0.1, 0.15) is 35.4 Å². The van der Waals surface area contributed by atoms with E-state index in [2.05, 4.69) is 30.5 Å². The van der Waals surface area contributed by atoms with E-state index in [9.17, 15) is 4.79 Å². The lowest BCUT2D eigenvalue weighted by Gasteiger charge is -2.33. The summed E-state index contributed by atoms with van der Waals surface area (Å²) in [5, 5.41) is 2.14. The molecule has 1 aliphatic rings. The van der Waals surface area contributed by atoms with E-state index in [0.29, 0.717) is 6.42 Å². The van der Waals surface area contributed by atoms with Crippen LogP contribution >= 0.6 is 11.3 Å². The van der Waals surface area contributed by atoms with Crippen LogP contribution in [-0.4, -0.2) is 17.4 Å². The zero-order valence-corrected chi connectivity index (χ0v) is 12.5. The van der Waals surface area contributed by atoms with Crippen LogP contribution in [-0.2, 0) is 17.6 Å². The fourth-order valence-corrected chi connectivity index (χ4v) is 3.85. The Kier molecular flexibility index (Phi) is 3.88. The lowest BCUT2D eigenvalue weighted by molar-refractivity contribution is -0.133. The van der Waals surface area contributed by atoms with E-state index >= 15 is 0 Å². The Morgan fingerprint density at radius 1 is 1.30 bits per heavy atom. The molecule has 1 amide bonds. The molecule has 0 saturated carbocycles. The minimum atomic E-state index is 0.230. The number of amides is 1. The number of hydrogen-bond donors (Lipinski definition) is 0. The molecule has 0 radical (unpaired) electrons. The van der Waals surface area contributed by atoms with Crippen molar-refractivity contribution in [1.29, 1.82) is 0 Å². The van der Waals surface area contributed by atoms with Gasteiger partial charge >= 0.3 is 0 Å². The smallest absolute Gasteiger partial charge is 0.223 e. The zero-order chi connectivity index (χ0) is 13.9. The summed E-state index contributed by atoms with van der Waals surface area (Å²) in [5.41, 5.74) is 2.58. The van der Waals surface area contributed by atoms with Crippen molar-refractivity contribution in [3.05, 3.63) is 57.8 Å². The first kappa shape index (κ1) is 13.4. The van der Waals surface area contributed by atoms with Gasteiger partial charge in [0.1, 0.15) is 0 Å². The van der Waals surface area contributed by atoms with E-state index in [-0.39, 0.29) is 11.9 Å². The summed E-state index contributed by atoms with van der Waals surface area (Å²) in [6.45, 7) is 3.01. The standard InChI is InChI=1S/C17H19NOS/c1-13-15-10-12-20-16(15)9-11-18(13)17(19)8-7-14-5-3-2-4-6-14/h2-6,10,12-13H,7-9,11H2,1H3. The topological polar surface area (TPSA) is 20.3 Å². The van der Waals surface area contributed by atoms with Gasteiger partial charge in [0.15, 0.2) is 0 Å². The van der Waals surface area contributed by atoms with Gasteiger partial charge in [0.25, 0.3) is 0 Å². The molecule has 1 aliphatic heterocycles. The monoisotopic (exact) mass is 285 g/mol. The molecule has 104 valence electrons. The number of rotatable bonds is 3. The average Bonchev–Trinajstić information content (AvgIpc) is 2.96. The molecule has 3 heteroatoms. The van der Waals surface area contributed by atoms with Gasteiger partial charge in [-0.1, -0.05) is 30.3 Å². The Labute approximate surface area is 124 Å². The molecule has 1 aromatic carbocycles. The minimum Gasteiger partial charge on any atom is -0.336 e. The van der Waals surface area contributed by atoms with Crippen molar-refractivity contribution in [2.45, 2.75) is 32.2 Å². The van der Waals surface area contributed by atoms with E-state index in [1.54, 1.807) is 0 Å². The Bertz CT molecular complexity index is 590. The molecule has 2 heterocycles. The number of benzene rings is 1. The Balaban J connectivity index is 1.64. The molecular weight excluding hydrogens is 266 g/mol. The van der Waals surface area contributed by atoms with E-state index in [4.69, 9.17) is 0 Å². The Morgan fingerprint density at radius 2 is 2.10 bits per heavy atom. The summed E-state index contributed by atoms with van der Waals surface area (Å²) >= 11 is 1.82. The normalized spacial score (nSPS) is 17.9. The molecule has 1 aromatic heterocycles. The van der Waals surface area contributed by atoms with Gasteiger partial charge in [0, 0.05) is 17.8 Å². The van der Waals surface area contributed by atoms with Gasteiger partial charge in [-0.2, -0.15) is 0 Å². The Hall–Kier alpha value is -1.61. The number of carbonyl (C=O) groups excluding carboxylic acids is 1. The van der Waals surface area contributed by atoms with E-state index in [1.165, 1.54) is 16.0 Å². The first-order valence-electron chi connectivity index (χ1n) is 7.15. The summed E-state index contributed by atoms with van der Waals surface area (Å²) in [6, 6.07) is 12.6.